The molecule has 0 spiro atoms. The lowest BCUT2D eigenvalue weighted by atomic mass is 9.92. The molecular weight excluding hydrogens is 406 g/mol. The van der Waals surface area contributed by atoms with Gasteiger partial charge >= 0.3 is 0 Å². The van der Waals surface area contributed by atoms with Crippen LogP contribution in [0.4, 0.5) is 5.82 Å². The first-order chi connectivity index (χ1) is 15.6. The maximum Gasteiger partial charge on any atom is 0.147 e. The zero-order chi connectivity index (χ0) is 22.2. The summed E-state index contributed by atoms with van der Waals surface area (Å²) in [6.07, 6.45) is 6.88. The standard InChI is InChI=1S/C24H35N5O3/c1-27(19-24(30)7-2-10-29(20-24)23-17-25-8-9-26-23)18-21-3-5-22(6-4-21)32-16-13-28-11-14-31-15-12-28/h3-6,8-9,17,30H,2,7,10-16,18-20H2,1H3. The fourth-order valence-corrected chi connectivity index (χ4v) is 4.57. The van der Waals surface area contributed by atoms with E-state index in [-0.39, 0.29) is 0 Å². The summed E-state index contributed by atoms with van der Waals surface area (Å²) < 4.78 is 11.3. The molecule has 0 amide bonds. The number of aromatic nitrogens is 2. The Kier molecular flexibility index (Phi) is 7.91. The van der Waals surface area contributed by atoms with E-state index in [1.807, 2.05) is 12.1 Å². The third-order valence-corrected chi connectivity index (χ3v) is 6.15. The summed E-state index contributed by atoms with van der Waals surface area (Å²) in [5.41, 5.74) is 0.450. The van der Waals surface area contributed by atoms with E-state index in [0.717, 1.165) is 70.3 Å². The largest absolute Gasteiger partial charge is 0.492 e. The molecule has 1 unspecified atom stereocenters. The number of aliphatic hydroxyl groups is 1. The van der Waals surface area contributed by atoms with Crippen molar-refractivity contribution in [2.45, 2.75) is 25.0 Å². The zero-order valence-electron chi connectivity index (χ0n) is 19.0. The fraction of sp³-hybridized carbons (Fsp3) is 0.583. The highest BCUT2D eigenvalue weighted by molar-refractivity contribution is 5.36. The van der Waals surface area contributed by atoms with Crippen LogP contribution in [-0.2, 0) is 11.3 Å². The van der Waals surface area contributed by atoms with Crippen molar-refractivity contribution in [2.24, 2.45) is 0 Å². The van der Waals surface area contributed by atoms with Crippen LogP contribution in [-0.4, -0.2) is 96.6 Å². The number of morpholine rings is 1. The topological polar surface area (TPSA) is 74.2 Å². The van der Waals surface area contributed by atoms with E-state index in [2.05, 4.69) is 43.8 Å². The molecule has 2 aromatic rings. The number of piperidine rings is 1. The van der Waals surface area contributed by atoms with Gasteiger partial charge in [-0.15, -0.1) is 0 Å². The van der Waals surface area contributed by atoms with Crippen molar-refractivity contribution in [3.63, 3.8) is 0 Å². The number of benzene rings is 1. The van der Waals surface area contributed by atoms with Crippen LogP contribution < -0.4 is 9.64 Å². The lowest BCUT2D eigenvalue weighted by Crippen LogP contribution is -2.54. The molecule has 1 aromatic carbocycles. The Morgan fingerprint density at radius 2 is 1.97 bits per heavy atom. The predicted molar refractivity (Wildman–Crippen MR) is 124 cm³/mol. The summed E-state index contributed by atoms with van der Waals surface area (Å²) >= 11 is 0. The summed E-state index contributed by atoms with van der Waals surface area (Å²) in [7, 11) is 2.06. The van der Waals surface area contributed by atoms with E-state index in [1.165, 1.54) is 5.56 Å². The van der Waals surface area contributed by atoms with E-state index in [1.54, 1.807) is 18.6 Å². The number of rotatable bonds is 9. The van der Waals surface area contributed by atoms with Gasteiger partial charge in [-0.3, -0.25) is 14.8 Å². The number of β-amino-alcohol motifs (C(OH)–C–C–N with tert-alkyl or cyclic N) is 1. The minimum atomic E-state index is -0.757. The van der Waals surface area contributed by atoms with E-state index in [0.29, 0.717) is 19.7 Å². The molecule has 2 aliphatic heterocycles. The summed E-state index contributed by atoms with van der Waals surface area (Å²) in [5, 5.41) is 11.2. The van der Waals surface area contributed by atoms with Gasteiger partial charge in [-0.2, -0.15) is 0 Å². The van der Waals surface area contributed by atoms with Crippen molar-refractivity contribution >= 4 is 5.82 Å². The highest BCUT2D eigenvalue weighted by atomic mass is 16.5. The average molecular weight is 442 g/mol. The lowest BCUT2D eigenvalue weighted by Gasteiger charge is -2.41. The number of likely N-dealkylation sites (N-methyl/N-ethyl adjacent to an activating group) is 1. The van der Waals surface area contributed by atoms with Crippen LogP contribution >= 0.6 is 0 Å². The van der Waals surface area contributed by atoms with Crippen LogP contribution in [0, 0.1) is 0 Å². The van der Waals surface area contributed by atoms with Gasteiger partial charge in [-0.25, -0.2) is 4.98 Å². The van der Waals surface area contributed by atoms with E-state index < -0.39 is 5.60 Å². The van der Waals surface area contributed by atoms with Crippen molar-refractivity contribution in [3.8, 4) is 5.75 Å². The van der Waals surface area contributed by atoms with Crippen LogP contribution in [0.2, 0.25) is 0 Å². The molecule has 2 fully saturated rings. The van der Waals surface area contributed by atoms with Crippen LogP contribution in [0.15, 0.2) is 42.9 Å². The first-order valence-corrected chi connectivity index (χ1v) is 11.5. The number of ether oxygens (including phenoxy) is 2. The number of anilines is 1. The third-order valence-electron chi connectivity index (χ3n) is 6.15. The molecule has 0 aliphatic carbocycles. The highest BCUT2D eigenvalue weighted by Crippen LogP contribution is 2.25. The SMILES string of the molecule is CN(Cc1ccc(OCCN2CCOCC2)cc1)CC1(O)CCCN(c2cnccn2)C1. The van der Waals surface area contributed by atoms with Gasteiger partial charge in [0.25, 0.3) is 0 Å². The number of hydrogen-bond donors (Lipinski definition) is 1. The van der Waals surface area contributed by atoms with Gasteiger partial charge in [0.1, 0.15) is 18.2 Å². The van der Waals surface area contributed by atoms with Crippen molar-refractivity contribution in [3.05, 3.63) is 48.4 Å². The van der Waals surface area contributed by atoms with Gasteiger partial charge in [-0.1, -0.05) is 12.1 Å². The van der Waals surface area contributed by atoms with Gasteiger partial charge < -0.3 is 19.5 Å². The van der Waals surface area contributed by atoms with Gasteiger partial charge in [0.05, 0.1) is 25.0 Å². The second-order valence-corrected chi connectivity index (χ2v) is 8.93. The summed E-state index contributed by atoms with van der Waals surface area (Å²) in [6, 6.07) is 8.29. The smallest absolute Gasteiger partial charge is 0.147 e. The second-order valence-electron chi connectivity index (χ2n) is 8.93. The quantitative estimate of drug-likeness (QED) is 0.630. The molecule has 32 heavy (non-hydrogen) atoms. The van der Waals surface area contributed by atoms with E-state index in [9.17, 15) is 5.11 Å². The molecule has 4 rings (SSSR count). The first kappa shape index (κ1) is 22.9. The number of hydrogen-bond acceptors (Lipinski definition) is 8. The Labute approximate surface area is 190 Å². The van der Waals surface area contributed by atoms with Crippen LogP contribution in [0.25, 0.3) is 0 Å². The van der Waals surface area contributed by atoms with Gasteiger partial charge in [0.2, 0.25) is 0 Å². The summed E-state index contributed by atoms with van der Waals surface area (Å²) in [4.78, 5) is 15.2. The van der Waals surface area contributed by atoms with Crippen molar-refractivity contribution < 1.29 is 14.6 Å². The molecule has 2 saturated heterocycles. The molecule has 0 bridgehead atoms. The molecule has 1 aromatic heterocycles. The Morgan fingerprint density at radius 1 is 1.16 bits per heavy atom. The van der Waals surface area contributed by atoms with Crippen LogP contribution in [0.3, 0.4) is 0 Å². The Bertz CT molecular complexity index is 816. The van der Waals surface area contributed by atoms with Crippen molar-refractivity contribution in [1.29, 1.82) is 0 Å². The molecule has 0 saturated carbocycles. The molecule has 174 valence electrons. The van der Waals surface area contributed by atoms with Gasteiger partial charge in [-0.05, 0) is 37.6 Å². The normalized spacial score (nSPS) is 22.3. The average Bonchev–Trinajstić information content (AvgIpc) is 2.81. The Hall–Kier alpha value is -2.26. The molecule has 3 heterocycles. The maximum atomic E-state index is 11.2. The predicted octanol–water partition coefficient (Wildman–Crippen LogP) is 1.65. The lowest BCUT2D eigenvalue weighted by molar-refractivity contribution is -0.00349. The molecule has 8 nitrogen and oxygen atoms in total. The fourth-order valence-electron chi connectivity index (χ4n) is 4.57. The summed E-state index contributed by atoms with van der Waals surface area (Å²) in [5.74, 6) is 1.73. The molecule has 2 aliphatic rings. The van der Waals surface area contributed by atoms with Crippen molar-refractivity contribution in [2.75, 3.05) is 71.0 Å². The van der Waals surface area contributed by atoms with Crippen LogP contribution in [0.1, 0.15) is 18.4 Å². The second kappa shape index (κ2) is 11.0. The van der Waals surface area contributed by atoms with E-state index >= 15 is 0 Å². The monoisotopic (exact) mass is 441 g/mol. The molecule has 1 atom stereocenters. The highest BCUT2D eigenvalue weighted by Gasteiger charge is 2.34. The minimum absolute atomic E-state index is 0.575. The molecule has 0 radical (unpaired) electrons. The molecule has 1 N–H and O–H groups in total. The maximum absolute atomic E-state index is 11.2. The van der Waals surface area contributed by atoms with Crippen molar-refractivity contribution in [1.82, 2.24) is 19.8 Å². The zero-order valence-corrected chi connectivity index (χ0v) is 19.0. The minimum Gasteiger partial charge on any atom is -0.492 e. The summed E-state index contributed by atoms with van der Waals surface area (Å²) in [6.45, 7) is 8.08. The van der Waals surface area contributed by atoms with Gasteiger partial charge in [0, 0.05) is 58.2 Å². The number of nitrogens with zero attached hydrogens (tertiary/aromatic N) is 5. The molecular formula is C24H35N5O3. The third kappa shape index (κ3) is 6.62. The Balaban J connectivity index is 1.23. The Morgan fingerprint density at radius 3 is 2.72 bits per heavy atom. The van der Waals surface area contributed by atoms with Crippen LogP contribution in [0.5, 0.6) is 5.75 Å². The van der Waals surface area contributed by atoms with Gasteiger partial charge in [0.15, 0.2) is 0 Å². The first-order valence-electron chi connectivity index (χ1n) is 11.5. The molecule has 8 heteroatoms. The van der Waals surface area contributed by atoms with E-state index in [4.69, 9.17) is 9.47 Å².